The van der Waals surface area contributed by atoms with Gasteiger partial charge in [0.15, 0.2) is 0 Å². The van der Waals surface area contributed by atoms with Gasteiger partial charge in [-0.05, 0) is 49.2 Å². The van der Waals surface area contributed by atoms with Crippen LogP contribution in [-0.2, 0) is 4.79 Å². The van der Waals surface area contributed by atoms with Crippen molar-refractivity contribution in [1.29, 1.82) is 0 Å². The summed E-state index contributed by atoms with van der Waals surface area (Å²) in [4.78, 5) is 16.6. The van der Waals surface area contributed by atoms with Crippen molar-refractivity contribution in [2.45, 2.75) is 13.8 Å². The van der Waals surface area contributed by atoms with Gasteiger partial charge in [0.2, 0.25) is 5.91 Å². The Bertz CT molecular complexity index is 821. The molecule has 0 saturated heterocycles. The summed E-state index contributed by atoms with van der Waals surface area (Å²) in [6, 6.07) is 11.4. The molecule has 124 valence electrons. The van der Waals surface area contributed by atoms with Crippen molar-refractivity contribution in [1.82, 2.24) is 0 Å². The summed E-state index contributed by atoms with van der Waals surface area (Å²) < 4.78 is 5.67. The fourth-order valence-electron chi connectivity index (χ4n) is 2.23. The van der Waals surface area contributed by atoms with Crippen LogP contribution in [0.4, 0.5) is 11.4 Å². The Morgan fingerprint density at radius 3 is 2.92 bits per heavy atom. The summed E-state index contributed by atoms with van der Waals surface area (Å²) >= 11 is 7.45. The van der Waals surface area contributed by atoms with E-state index in [0.717, 1.165) is 27.6 Å². The van der Waals surface area contributed by atoms with Gasteiger partial charge >= 0.3 is 0 Å². The first-order valence-electron chi connectivity index (χ1n) is 7.51. The van der Waals surface area contributed by atoms with Gasteiger partial charge in [-0.2, -0.15) is 0 Å². The number of nitrogens with one attached hydrogen (secondary N) is 1. The monoisotopic (exact) mass is 360 g/mol. The lowest BCUT2D eigenvalue weighted by atomic mass is 10.2. The number of amides is 1. The number of fused-ring (bicyclic) bond motifs is 1. The molecular formula is C18H17ClN2O2S. The van der Waals surface area contributed by atoms with Gasteiger partial charge in [0.05, 0.1) is 5.75 Å². The predicted molar refractivity (Wildman–Crippen MR) is 101 cm³/mol. The van der Waals surface area contributed by atoms with E-state index in [2.05, 4.69) is 10.3 Å². The molecule has 1 N–H and O–H groups in total. The summed E-state index contributed by atoms with van der Waals surface area (Å²) in [5.74, 6) is 0.954. The number of carbonyl (C=O) groups excluding carboxylic acids is 1. The minimum atomic E-state index is -0.0994. The maximum atomic E-state index is 12.1. The number of carbonyl (C=O) groups is 1. The first-order valence-corrected chi connectivity index (χ1v) is 8.87. The lowest BCUT2D eigenvalue weighted by Gasteiger charge is -2.16. The lowest BCUT2D eigenvalue weighted by molar-refractivity contribution is -0.113. The van der Waals surface area contributed by atoms with E-state index >= 15 is 0 Å². The van der Waals surface area contributed by atoms with Gasteiger partial charge in [0.25, 0.3) is 0 Å². The van der Waals surface area contributed by atoms with Crippen LogP contribution in [0.2, 0.25) is 5.02 Å². The molecule has 0 unspecified atom stereocenters. The fraction of sp³-hybridized carbons (Fsp3) is 0.222. The highest BCUT2D eigenvalue weighted by Gasteiger charge is 2.15. The molecule has 0 aliphatic carbocycles. The molecule has 2 aromatic rings. The normalized spacial score (nSPS) is 12.9. The molecule has 0 bridgehead atoms. The van der Waals surface area contributed by atoms with Crippen molar-refractivity contribution in [3.8, 4) is 5.75 Å². The molecule has 2 aromatic carbocycles. The van der Waals surface area contributed by atoms with Crippen LogP contribution in [-0.4, -0.2) is 23.3 Å². The molecule has 6 heteroatoms. The van der Waals surface area contributed by atoms with Crippen molar-refractivity contribution in [3.63, 3.8) is 0 Å². The Balaban J connectivity index is 1.59. The number of nitrogens with zero attached hydrogens (tertiary/aromatic N) is 1. The van der Waals surface area contributed by atoms with Gasteiger partial charge in [-0.1, -0.05) is 35.5 Å². The summed E-state index contributed by atoms with van der Waals surface area (Å²) in [5.41, 5.74) is 3.61. The van der Waals surface area contributed by atoms with E-state index in [1.54, 1.807) is 6.07 Å². The second-order valence-electron chi connectivity index (χ2n) is 5.57. The van der Waals surface area contributed by atoms with Gasteiger partial charge in [-0.15, -0.1) is 0 Å². The van der Waals surface area contributed by atoms with E-state index in [0.29, 0.717) is 17.3 Å². The van der Waals surface area contributed by atoms with Crippen LogP contribution in [0.1, 0.15) is 11.1 Å². The minimum absolute atomic E-state index is 0.0994. The van der Waals surface area contributed by atoms with Crippen LogP contribution in [0.25, 0.3) is 0 Å². The van der Waals surface area contributed by atoms with E-state index in [9.17, 15) is 4.79 Å². The maximum Gasteiger partial charge on any atom is 0.234 e. The van der Waals surface area contributed by atoms with E-state index in [-0.39, 0.29) is 11.7 Å². The number of anilines is 1. The van der Waals surface area contributed by atoms with Crippen molar-refractivity contribution in [2.75, 3.05) is 17.7 Å². The number of aryl methyl sites for hydroxylation is 2. The average Bonchev–Trinajstić information content (AvgIpc) is 2.56. The molecule has 0 saturated carbocycles. The SMILES string of the molecule is Cc1ccc2c(c1)N=C(SCC(=O)Nc1ccc(C)c(Cl)c1)CO2. The number of thioether (sulfide) groups is 1. The Morgan fingerprint density at radius 2 is 2.12 bits per heavy atom. The summed E-state index contributed by atoms with van der Waals surface area (Å²) in [5, 5.41) is 4.27. The lowest BCUT2D eigenvalue weighted by Crippen LogP contribution is -2.18. The second-order valence-corrected chi connectivity index (χ2v) is 7.02. The van der Waals surface area contributed by atoms with Gasteiger partial charge in [-0.25, -0.2) is 4.99 Å². The first-order chi connectivity index (χ1) is 11.5. The molecule has 0 fully saturated rings. The molecule has 0 radical (unpaired) electrons. The van der Waals surface area contributed by atoms with Crippen LogP contribution in [0.5, 0.6) is 5.75 Å². The third kappa shape index (κ3) is 4.10. The third-order valence-electron chi connectivity index (χ3n) is 3.54. The number of aliphatic imine (C=N–C) groups is 1. The molecule has 4 nitrogen and oxygen atoms in total. The quantitative estimate of drug-likeness (QED) is 0.859. The number of halogens is 1. The molecule has 1 heterocycles. The number of rotatable bonds is 3. The van der Waals surface area contributed by atoms with Crippen LogP contribution >= 0.6 is 23.4 Å². The topological polar surface area (TPSA) is 50.7 Å². The van der Waals surface area contributed by atoms with Gasteiger partial charge in [-0.3, -0.25) is 4.79 Å². The molecule has 0 aromatic heterocycles. The van der Waals surface area contributed by atoms with E-state index in [1.807, 2.05) is 44.2 Å². The third-order valence-corrected chi connectivity index (χ3v) is 4.89. The standard InChI is InChI=1S/C18H17ClN2O2S/c1-11-3-6-16-15(7-11)21-18(9-23-16)24-10-17(22)20-13-5-4-12(2)14(19)8-13/h3-8H,9-10H2,1-2H3,(H,20,22). The number of hydrogen-bond acceptors (Lipinski definition) is 4. The fourth-order valence-corrected chi connectivity index (χ4v) is 3.09. The van der Waals surface area contributed by atoms with Crippen LogP contribution in [0.3, 0.4) is 0 Å². The molecule has 3 rings (SSSR count). The number of hydrogen-bond donors (Lipinski definition) is 1. The Labute approximate surface area is 150 Å². The summed E-state index contributed by atoms with van der Waals surface area (Å²) in [6.45, 7) is 4.33. The minimum Gasteiger partial charge on any atom is -0.484 e. The zero-order valence-corrected chi connectivity index (χ0v) is 15.0. The van der Waals surface area contributed by atoms with Crippen molar-refractivity contribution in [3.05, 3.63) is 52.5 Å². The first kappa shape index (κ1) is 16.9. The predicted octanol–water partition coefficient (Wildman–Crippen LogP) is 4.75. The van der Waals surface area contributed by atoms with Gasteiger partial charge in [0.1, 0.15) is 23.1 Å². The maximum absolute atomic E-state index is 12.1. The molecule has 1 amide bonds. The highest BCUT2D eigenvalue weighted by molar-refractivity contribution is 8.14. The zero-order valence-electron chi connectivity index (χ0n) is 13.4. The Morgan fingerprint density at radius 1 is 1.29 bits per heavy atom. The average molecular weight is 361 g/mol. The number of benzene rings is 2. The van der Waals surface area contributed by atoms with E-state index in [1.165, 1.54) is 11.8 Å². The molecule has 1 aliphatic rings. The highest BCUT2D eigenvalue weighted by Crippen LogP contribution is 2.33. The number of ether oxygens (including phenoxy) is 1. The molecule has 0 atom stereocenters. The van der Waals surface area contributed by atoms with Gasteiger partial charge in [0, 0.05) is 10.7 Å². The Kier molecular flexibility index (Phi) is 5.11. The van der Waals surface area contributed by atoms with Crippen molar-refractivity contribution >= 4 is 45.7 Å². The molecular weight excluding hydrogens is 344 g/mol. The second kappa shape index (κ2) is 7.28. The summed E-state index contributed by atoms with van der Waals surface area (Å²) in [6.07, 6.45) is 0. The van der Waals surface area contributed by atoms with Crippen molar-refractivity contribution < 1.29 is 9.53 Å². The van der Waals surface area contributed by atoms with Crippen LogP contribution in [0.15, 0.2) is 41.4 Å². The zero-order chi connectivity index (χ0) is 17.1. The highest BCUT2D eigenvalue weighted by atomic mass is 35.5. The molecule has 24 heavy (non-hydrogen) atoms. The Hall–Kier alpha value is -1.98. The van der Waals surface area contributed by atoms with E-state index in [4.69, 9.17) is 16.3 Å². The van der Waals surface area contributed by atoms with E-state index < -0.39 is 0 Å². The largest absolute Gasteiger partial charge is 0.484 e. The van der Waals surface area contributed by atoms with Crippen molar-refractivity contribution in [2.24, 2.45) is 4.99 Å². The van der Waals surface area contributed by atoms with Crippen LogP contribution < -0.4 is 10.1 Å². The molecule has 0 spiro atoms. The molecule has 1 aliphatic heterocycles. The summed E-state index contributed by atoms with van der Waals surface area (Å²) in [7, 11) is 0. The smallest absolute Gasteiger partial charge is 0.234 e. The van der Waals surface area contributed by atoms with Gasteiger partial charge < -0.3 is 10.1 Å². The van der Waals surface area contributed by atoms with Crippen LogP contribution in [0, 0.1) is 13.8 Å².